The van der Waals surface area contributed by atoms with Gasteiger partial charge in [-0.3, -0.25) is 14.9 Å². The molecule has 0 saturated heterocycles. The summed E-state index contributed by atoms with van der Waals surface area (Å²) in [7, 11) is -3.43. The van der Waals surface area contributed by atoms with E-state index in [0.717, 1.165) is 12.1 Å². The van der Waals surface area contributed by atoms with Crippen molar-refractivity contribution in [1.82, 2.24) is 0 Å². The Morgan fingerprint density at radius 3 is 2.24 bits per heavy atom. The van der Waals surface area contributed by atoms with Gasteiger partial charge in [0.1, 0.15) is 4.90 Å². The molecule has 0 aliphatic carbocycles. The number of nitrogens with two attached hydrogens (primary N) is 1. The van der Waals surface area contributed by atoms with Crippen LogP contribution in [-0.2, 0) is 18.9 Å². The Balaban J connectivity index is 3.35. The molecule has 1 aromatic rings. The molecule has 0 fully saturated rings. The third kappa shape index (κ3) is 4.65. The number of carbonyl (C=O) groups excluding carboxylic acids is 1. The molecule has 116 valence electrons. The van der Waals surface area contributed by atoms with Crippen molar-refractivity contribution in [1.29, 1.82) is 0 Å². The standard InChI is InChI=1S/C9H9ClN2O7S2/c10-21(18,19)4-3-20(16,17)8-2-1-6(9(11)13)5-7(8)12(14)15/h1-2,5H,3-4H2,(H2,11,13). The largest absolute Gasteiger partial charge is 0.366 e. The topological polar surface area (TPSA) is 155 Å². The van der Waals surface area contributed by atoms with Gasteiger partial charge in [-0.1, -0.05) is 0 Å². The van der Waals surface area contributed by atoms with Crippen LogP contribution in [0.2, 0.25) is 0 Å². The number of nitro benzene ring substituents is 1. The zero-order chi connectivity index (χ0) is 16.4. The van der Waals surface area contributed by atoms with Crippen molar-refractivity contribution >= 4 is 41.2 Å². The minimum absolute atomic E-state index is 0.245. The Labute approximate surface area is 124 Å². The molecule has 0 aliphatic rings. The van der Waals surface area contributed by atoms with E-state index in [0.29, 0.717) is 6.07 Å². The van der Waals surface area contributed by atoms with Gasteiger partial charge in [0.05, 0.1) is 16.4 Å². The molecule has 1 rings (SSSR count). The lowest BCUT2D eigenvalue weighted by atomic mass is 10.2. The van der Waals surface area contributed by atoms with Crippen molar-refractivity contribution in [3.05, 3.63) is 33.9 Å². The van der Waals surface area contributed by atoms with Crippen molar-refractivity contribution in [2.45, 2.75) is 4.90 Å². The fraction of sp³-hybridized carbons (Fsp3) is 0.222. The van der Waals surface area contributed by atoms with Crippen LogP contribution < -0.4 is 5.73 Å². The summed E-state index contributed by atoms with van der Waals surface area (Å²) >= 11 is 0. The summed E-state index contributed by atoms with van der Waals surface area (Å²) in [6.07, 6.45) is 0. The lowest BCUT2D eigenvalue weighted by Gasteiger charge is -2.05. The van der Waals surface area contributed by atoms with Gasteiger partial charge in [-0.05, 0) is 12.1 Å². The molecule has 1 amide bonds. The molecule has 0 aromatic heterocycles. The van der Waals surface area contributed by atoms with E-state index in [1.54, 1.807) is 0 Å². The van der Waals surface area contributed by atoms with E-state index < -0.39 is 51.8 Å². The van der Waals surface area contributed by atoms with Crippen molar-refractivity contribution in [3.63, 3.8) is 0 Å². The molecule has 0 aliphatic heterocycles. The van der Waals surface area contributed by atoms with Gasteiger partial charge >= 0.3 is 0 Å². The first-order chi connectivity index (χ1) is 9.44. The number of sulfone groups is 1. The average Bonchev–Trinajstić information content (AvgIpc) is 2.35. The molecule has 0 radical (unpaired) electrons. The van der Waals surface area contributed by atoms with Crippen molar-refractivity contribution in [3.8, 4) is 0 Å². The summed E-state index contributed by atoms with van der Waals surface area (Å²) in [5, 5.41) is 10.9. The zero-order valence-electron chi connectivity index (χ0n) is 10.2. The molecule has 9 nitrogen and oxygen atoms in total. The average molecular weight is 357 g/mol. The number of primary amides is 1. The Kier molecular flexibility index (Phi) is 4.91. The van der Waals surface area contributed by atoms with Crippen LogP contribution in [0, 0.1) is 10.1 Å². The highest BCUT2D eigenvalue weighted by Gasteiger charge is 2.28. The molecule has 0 bridgehead atoms. The van der Waals surface area contributed by atoms with Crippen LogP contribution >= 0.6 is 10.7 Å². The number of nitrogens with zero attached hydrogens (tertiary/aromatic N) is 1. The fourth-order valence-electron chi connectivity index (χ4n) is 1.40. The highest BCUT2D eigenvalue weighted by Crippen LogP contribution is 2.26. The SMILES string of the molecule is NC(=O)c1ccc(S(=O)(=O)CCS(=O)(=O)Cl)c([N+](=O)[O-])c1. The third-order valence-electron chi connectivity index (χ3n) is 2.37. The molecule has 12 heteroatoms. The lowest BCUT2D eigenvalue weighted by molar-refractivity contribution is -0.387. The fourth-order valence-corrected chi connectivity index (χ4v) is 4.58. The van der Waals surface area contributed by atoms with E-state index in [1.165, 1.54) is 0 Å². The second-order valence-corrected chi connectivity index (χ2v) is 8.84. The van der Waals surface area contributed by atoms with Gasteiger partial charge in [-0.15, -0.1) is 0 Å². The first-order valence-electron chi connectivity index (χ1n) is 5.17. The molecule has 0 heterocycles. The smallest absolute Gasteiger partial charge is 0.288 e. The summed E-state index contributed by atoms with van der Waals surface area (Å²) < 4.78 is 45.4. The quantitative estimate of drug-likeness (QED) is 0.428. The monoisotopic (exact) mass is 356 g/mol. The summed E-state index contributed by atoms with van der Waals surface area (Å²) in [5.74, 6) is -2.79. The summed E-state index contributed by atoms with van der Waals surface area (Å²) in [6, 6.07) is 2.54. The maximum atomic E-state index is 11.9. The summed E-state index contributed by atoms with van der Waals surface area (Å²) in [5.41, 5.74) is 3.84. The maximum absolute atomic E-state index is 11.9. The molecule has 2 N–H and O–H groups in total. The summed E-state index contributed by atoms with van der Waals surface area (Å²) in [6.45, 7) is 0. The van der Waals surface area contributed by atoms with Crippen LogP contribution in [0.25, 0.3) is 0 Å². The molecule has 21 heavy (non-hydrogen) atoms. The summed E-state index contributed by atoms with van der Waals surface area (Å²) in [4.78, 5) is 20.1. The number of hydrogen-bond donors (Lipinski definition) is 1. The van der Waals surface area contributed by atoms with E-state index >= 15 is 0 Å². The highest BCUT2D eigenvalue weighted by atomic mass is 35.7. The second-order valence-electron chi connectivity index (χ2n) is 3.87. The van der Waals surface area contributed by atoms with Crippen LogP contribution in [0.1, 0.15) is 10.4 Å². The van der Waals surface area contributed by atoms with E-state index in [1.807, 2.05) is 0 Å². The minimum Gasteiger partial charge on any atom is -0.366 e. The molecule has 0 spiro atoms. The first kappa shape index (κ1) is 17.3. The van der Waals surface area contributed by atoms with Gasteiger partial charge in [-0.25, -0.2) is 16.8 Å². The first-order valence-corrected chi connectivity index (χ1v) is 9.30. The van der Waals surface area contributed by atoms with E-state index in [2.05, 4.69) is 0 Å². The van der Waals surface area contributed by atoms with Crippen LogP contribution in [0.5, 0.6) is 0 Å². The maximum Gasteiger partial charge on any atom is 0.288 e. The van der Waals surface area contributed by atoms with Crippen LogP contribution in [0.15, 0.2) is 23.1 Å². The molecule has 0 atom stereocenters. The minimum atomic E-state index is -4.27. The Bertz CT molecular complexity index is 801. The van der Waals surface area contributed by atoms with Crippen LogP contribution in [0.4, 0.5) is 5.69 Å². The van der Waals surface area contributed by atoms with Crippen LogP contribution in [-0.4, -0.2) is 39.2 Å². The predicted molar refractivity (Wildman–Crippen MR) is 73.3 cm³/mol. The van der Waals surface area contributed by atoms with Gasteiger partial charge in [0.2, 0.25) is 15.0 Å². The second kappa shape index (κ2) is 5.95. The number of rotatable bonds is 6. The Morgan fingerprint density at radius 1 is 1.24 bits per heavy atom. The van der Waals surface area contributed by atoms with Crippen molar-refractivity contribution in [2.24, 2.45) is 5.73 Å². The van der Waals surface area contributed by atoms with Crippen molar-refractivity contribution < 1.29 is 26.6 Å². The van der Waals surface area contributed by atoms with E-state index in [-0.39, 0.29) is 5.56 Å². The normalized spacial score (nSPS) is 12.0. The molecule has 0 unspecified atom stereocenters. The Hall–Kier alpha value is -1.72. The van der Waals surface area contributed by atoms with E-state index in [9.17, 15) is 31.7 Å². The molecular weight excluding hydrogens is 348 g/mol. The molecule has 0 saturated carbocycles. The lowest BCUT2D eigenvalue weighted by Crippen LogP contribution is -2.17. The predicted octanol–water partition coefficient (Wildman–Crippen LogP) is 0.0360. The number of amides is 1. The van der Waals surface area contributed by atoms with Gasteiger partial charge < -0.3 is 5.73 Å². The van der Waals surface area contributed by atoms with Gasteiger partial charge in [0.15, 0.2) is 9.84 Å². The number of hydrogen-bond acceptors (Lipinski definition) is 7. The van der Waals surface area contributed by atoms with Gasteiger partial charge in [0.25, 0.3) is 5.69 Å². The molecular formula is C9H9ClN2O7S2. The zero-order valence-corrected chi connectivity index (χ0v) is 12.6. The van der Waals surface area contributed by atoms with Crippen molar-refractivity contribution in [2.75, 3.05) is 11.5 Å². The Morgan fingerprint density at radius 2 is 1.81 bits per heavy atom. The van der Waals surface area contributed by atoms with Crippen LogP contribution in [0.3, 0.4) is 0 Å². The third-order valence-corrected chi connectivity index (χ3v) is 5.54. The molecule has 1 aromatic carbocycles. The highest BCUT2D eigenvalue weighted by molar-refractivity contribution is 8.14. The number of carbonyl (C=O) groups is 1. The van der Waals surface area contributed by atoms with Gasteiger partial charge in [0, 0.05) is 22.3 Å². The van der Waals surface area contributed by atoms with Gasteiger partial charge in [-0.2, -0.15) is 0 Å². The number of benzene rings is 1. The number of halogens is 1. The van der Waals surface area contributed by atoms with E-state index in [4.69, 9.17) is 16.4 Å². The number of nitro groups is 1.